The van der Waals surface area contributed by atoms with Gasteiger partial charge in [0.25, 0.3) is 0 Å². The Morgan fingerprint density at radius 3 is 1.33 bits per heavy atom. The van der Waals surface area contributed by atoms with Gasteiger partial charge in [0, 0.05) is 11.1 Å². The lowest BCUT2D eigenvalue weighted by atomic mass is 9.87. The van der Waals surface area contributed by atoms with Crippen LogP contribution < -0.4 is 0 Å². The number of hydrogen-bond acceptors (Lipinski definition) is 1. The van der Waals surface area contributed by atoms with E-state index in [9.17, 15) is 5.11 Å². The molecule has 0 aliphatic carbocycles. The highest BCUT2D eigenvalue weighted by molar-refractivity contribution is 5.43. The molecule has 0 heterocycles. The molecule has 1 nitrogen and oxygen atoms in total. The van der Waals surface area contributed by atoms with Gasteiger partial charge in [-0.05, 0) is 6.92 Å². The van der Waals surface area contributed by atoms with Gasteiger partial charge in [-0.2, -0.15) is 0 Å². The summed E-state index contributed by atoms with van der Waals surface area (Å²) >= 11 is 0. The van der Waals surface area contributed by atoms with Gasteiger partial charge in [0.05, 0.1) is 0 Å². The first-order chi connectivity index (χ1) is 10.3. The third-order valence-corrected chi connectivity index (χ3v) is 2.69. The molecule has 21 heavy (non-hydrogen) atoms. The summed E-state index contributed by atoms with van der Waals surface area (Å²) in [5.41, 5.74) is 0.359. The fourth-order valence-corrected chi connectivity index (χ4v) is 1.85. The molecule has 1 heteroatoms. The third kappa shape index (κ3) is 5.10. The number of benzene rings is 2. The molecule has 0 amide bonds. The van der Waals surface area contributed by atoms with Crippen molar-refractivity contribution in [1.29, 1.82) is 0 Å². The van der Waals surface area contributed by atoms with E-state index in [0.717, 1.165) is 11.1 Å². The standard InChI is InChI=1S/C16H14O.2C2H6/c1-2-13-16(17,14-9-5-3-6-10-14)15-11-7-4-8-12-15;2*1-2/h3-12,17H,1H3;2*1-2H3. The molecule has 0 saturated heterocycles. The normalized spacial score (nSPS) is 9.05. The second kappa shape index (κ2) is 10.7. The minimum Gasteiger partial charge on any atom is -0.369 e. The van der Waals surface area contributed by atoms with Gasteiger partial charge in [0.15, 0.2) is 5.60 Å². The first kappa shape index (κ1) is 19.0. The Hall–Kier alpha value is -2.04. The average Bonchev–Trinajstić information content (AvgIpc) is 2.60. The van der Waals surface area contributed by atoms with Crippen LogP contribution in [0.15, 0.2) is 60.7 Å². The minimum absolute atomic E-state index is 0.792. The van der Waals surface area contributed by atoms with E-state index >= 15 is 0 Å². The van der Waals surface area contributed by atoms with E-state index in [0.29, 0.717) is 0 Å². The van der Waals surface area contributed by atoms with Gasteiger partial charge in [-0.1, -0.05) is 94.3 Å². The highest BCUT2D eigenvalue weighted by Crippen LogP contribution is 2.28. The zero-order valence-electron chi connectivity index (χ0n) is 13.7. The van der Waals surface area contributed by atoms with E-state index < -0.39 is 5.60 Å². The maximum absolute atomic E-state index is 10.8. The van der Waals surface area contributed by atoms with Gasteiger partial charge in [-0.15, -0.1) is 5.92 Å². The molecule has 0 bridgehead atoms. The van der Waals surface area contributed by atoms with Crippen molar-refractivity contribution in [3.8, 4) is 11.8 Å². The molecule has 2 aromatic rings. The lowest BCUT2D eigenvalue weighted by molar-refractivity contribution is 0.145. The van der Waals surface area contributed by atoms with Gasteiger partial charge in [0.1, 0.15) is 0 Å². The Labute approximate surface area is 129 Å². The van der Waals surface area contributed by atoms with E-state index in [-0.39, 0.29) is 0 Å². The van der Waals surface area contributed by atoms with Crippen molar-refractivity contribution < 1.29 is 5.11 Å². The number of rotatable bonds is 2. The van der Waals surface area contributed by atoms with Crippen molar-refractivity contribution >= 4 is 0 Å². The Kier molecular flexibility index (Phi) is 9.67. The summed E-state index contributed by atoms with van der Waals surface area (Å²) in [6.07, 6.45) is 0. The quantitative estimate of drug-likeness (QED) is 0.769. The second-order valence-electron chi connectivity index (χ2n) is 3.82. The first-order valence-electron chi connectivity index (χ1n) is 7.54. The minimum atomic E-state index is -1.22. The zero-order chi connectivity index (χ0) is 16.1. The van der Waals surface area contributed by atoms with E-state index in [4.69, 9.17) is 0 Å². The molecule has 112 valence electrons. The summed E-state index contributed by atoms with van der Waals surface area (Å²) in [6.45, 7) is 9.73. The average molecular weight is 282 g/mol. The molecule has 0 aromatic heterocycles. The molecule has 2 aromatic carbocycles. The van der Waals surface area contributed by atoms with E-state index in [1.165, 1.54) is 0 Å². The smallest absolute Gasteiger partial charge is 0.176 e. The van der Waals surface area contributed by atoms with Gasteiger partial charge in [0.2, 0.25) is 0 Å². The van der Waals surface area contributed by atoms with Gasteiger partial charge >= 0.3 is 0 Å². The van der Waals surface area contributed by atoms with Crippen LogP contribution in [0.5, 0.6) is 0 Å². The van der Waals surface area contributed by atoms with Crippen LogP contribution in [0, 0.1) is 11.8 Å². The summed E-state index contributed by atoms with van der Waals surface area (Å²) in [4.78, 5) is 0. The lowest BCUT2D eigenvalue weighted by Crippen LogP contribution is -2.25. The summed E-state index contributed by atoms with van der Waals surface area (Å²) in [5.74, 6) is 5.70. The van der Waals surface area contributed by atoms with Crippen LogP contribution in [0.2, 0.25) is 0 Å². The summed E-state index contributed by atoms with van der Waals surface area (Å²) < 4.78 is 0. The van der Waals surface area contributed by atoms with Crippen molar-refractivity contribution in [2.24, 2.45) is 0 Å². The maximum Gasteiger partial charge on any atom is 0.176 e. The van der Waals surface area contributed by atoms with Crippen LogP contribution in [0.4, 0.5) is 0 Å². The SMILES string of the molecule is CC.CC.CC#CC(O)(c1ccccc1)c1ccccc1. The Bertz CT molecular complexity index is 493. The Morgan fingerprint density at radius 2 is 1.05 bits per heavy atom. The first-order valence-corrected chi connectivity index (χ1v) is 7.54. The molecule has 0 spiro atoms. The zero-order valence-corrected chi connectivity index (χ0v) is 13.7. The van der Waals surface area contributed by atoms with Crippen molar-refractivity contribution in [1.82, 2.24) is 0 Å². The van der Waals surface area contributed by atoms with E-state index in [1.54, 1.807) is 6.92 Å². The van der Waals surface area contributed by atoms with Crippen molar-refractivity contribution in [3.63, 3.8) is 0 Å². The summed E-state index contributed by atoms with van der Waals surface area (Å²) in [6, 6.07) is 19.0. The van der Waals surface area contributed by atoms with E-state index in [2.05, 4.69) is 11.8 Å². The lowest BCUT2D eigenvalue weighted by Gasteiger charge is -2.23. The van der Waals surface area contributed by atoms with Crippen LogP contribution in [0.25, 0.3) is 0 Å². The van der Waals surface area contributed by atoms with Crippen LogP contribution in [-0.4, -0.2) is 5.11 Å². The van der Waals surface area contributed by atoms with Crippen LogP contribution in [0.3, 0.4) is 0 Å². The van der Waals surface area contributed by atoms with Crippen LogP contribution in [0.1, 0.15) is 45.7 Å². The fourth-order valence-electron chi connectivity index (χ4n) is 1.85. The molecule has 0 fully saturated rings. The summed E-state index contributed by atoms with van der Waals surface area (Å²) in [7, 11) is 0. The molecular weight excluding hydrogens is 256 g/mol. The van der Waals surface area contributed by atoms with Crippen LogP contribution in [-0.2, 0) is 5.60 Å². The highest BCUT2D eigenvalue weighted by Gasteiger charge is 2.28. The molecule has 2 rings (SSSR count). The molecule has 0 saturated carbocycles. The van der Waals surface area contributed by atoms with Gasteiger partial charge in [-0.25, -0.2) is 0 Å². The monoisotopic (exact) mass is 282 g/mol. The molecule has 0 atom stereocenters. The summed E-state index contributed by atoms with van der Waals surface area (Å²) in [5, 5.41) is 10.8. The molecule has 0 radical (unpaired) electrons. The molecule has 0 aliphatic rings. The third-order valence-electron chi connectivity index (χ3n) is 2.69. The van der Waals surface area contributed by atoms with E-state index in [1.807, 2.05) is 88.4 Å². The largest absolute Gasteiger partial charge is 0.369 e. The number of hydrogen-bond donors (Lipinski definition) is 1. The van der Waals surface area contributed by atoms with Gasteiger partial charge < -0.3 is 5.11 Å². The van der Waals surface area contributed by atoms with Crippen molar-refractivity contribution in [3.05, 3.63) is 71.8 Å². The molecule has 0 unspecified atom stereocenters. The second-order valence-corrected chi connectivity index (χ2v) is 3.82. The Morgan fingerprint density at radius 1 is 0.714 bits per heavy atom. The maximum atomic E-state index is 10.8. The highest BCUT2D eigenvalue weighted by atomic mass is 16.3. The number of aliphatic hydroxyl groups is 1. The molecular formula is C20H26O. The van der Waals surface area contributed by atoms with Crippen molar-refractivity contribution in [2.45, 2.75) is 40.2 Å². The predicted molar refractivity (Wildman–Crippen MR) is 92.0 cm³/mol. The molecule has 0 aliphatic heterocycles. The van der Waals surface area contributed by atoms with Crippen LogP contribution >= 0.6 is 0 Å². The topological polar surface area (TPSA) is 20.2 Å². The van der Waals surface area contributed by atoms with Crippen molar-refractivity contribution in [2.75, 3.05) is 0 Å². The molecule has 1 N–H and O–H groups in total. The predicted octanol–water partition coefficient (Wildman–Crippen LogP) is 5.00. The van der Waals surface area contributed by atoms with Gasteiger partial charge in [-0.3, -0.25) is 0 Å². The Balaban J connectivity index is 0.000000921. The fraction of sp³-hybridized carbons (Fsp3) is 0.300.